The van der Waals surface area contributed by atoms with Gasteiger partial charge >= 0.3 is 0 Å². The number of nitrogens with zero attached hydrogens (tertiary/aromatic N) is 1. The number of hydrogen-bond donors (Lipinski definition) is 1. The van der Waals surface area contributed by atoms with E-state index in [2.05, 4.69) is 17.5 Å². The summed E-state index contributed by atoms with van der Waals surface area (Å²) in [5.74, 6) is 0.273. The van der Waals surface area contributed by atoms with E-state index in [1.54, 1.807) is 12.1 Å². The lowest BCUT2D eigenvalue weighted by molar-refractivity contribution is -0.384. The molecular formula is C18H13Cl3N2O2. The summed E-state index contributed by atoms with van der Waals surface area (Å²) in [6.07, 6.45) is 5.07. The van der Waals surface area contributed by atoms with Crippen LogP contribution in [0.4, 0.5) is 11.4 Å². The van der Waals surface area contributed by atoms with E-state index in [0.717, 1.165) is 23.2 Å². The first-order valence-electron chi connectivity index (χ1n) is 7.81. The fourth-order valence-electron chi connectivity index (χ4n) is 3.81. The van der Waals surface area contributed by atoms with Gasteiger partial charge in [0.15, 0.2) is 0 Å². The molecule has 25 heavy (non-hydrogen) atoms. The summed E-state index contributed by atoms with van der Waals surface area (Å²) in [5, 5.41) is 16.2. The molecule has 0 fully saturated rings. The second kappa shape index (κ2) is 6.20. The van der Waals surface area contributed by atoms with Crippen LogP contribution in [0.2, 0.25) is 15.1 Å². The Morgan fingerprint density at radius 1 is 1.08 bits per heavy atom. The molecule has 0 aromatic heterocycles. The van der Waals surface area contributed by atoms with Crippen molar-refractivity contribution in [1.29, 1.82) is 0 Å². The number of non-ortho nitro benzene ring substituents is 1. The molecule has 0 spiro atoms. The van der Waals surface area contributed by atoms with E-state index >= 15 is 0 Å². The number of nitro benzene ring substituents is 1. The normalized spacial score (nSPS) is 23.7. The Labute approximate surface area is 159 Å². The van der Waals surface area contributed by atoms with Gasteiger partial charge in [-0.05, 0) is 35.6 Å². The zero-order valence-corrected chi connectivity index (χ0v) is 15.1. The van der Waals surface area contributed by atoms with Crippen LogP contribution < -0.4 is 5.32 Å². The Hall–Kier alpha value is -1.75. The van der Waals surface area contributed by atoms with E-state index in [9.17, 15) is 10.1 Å². The molecule has 2 aromatic rings. The number of halogens is 3. The molecule has 1 aliphatic heterocycles. The smallest absolute Gasteiger partial charge is 0.271 e. The van der Waals surface area contributed by atoms with Crippen LogP contribution in [0.3, 0.4) is 0 Å². The molecule has 0 radical (unpaired) electrons. The fraction of sp³-hybridized carbons (Fsp3) is 0.222. The van der Waals surface area contributed by atoms with E-state index in [1.807, 2.05) is 12.1 Å². The molecule has 3 atom stereocenters. The quantitative estimate of drug-likeness (QED) is 0.364. The summed E-state index contributed by atoms with van der Waals surface area (Å²) < 4.78 is 0. The predicted molar refractivity (Wildman–Crippen MR) is 101 cm³/mol. The summed E-state index contributed by atoms with van der Waals surface area (Å²) in [6.45, 7) is 0. The minimum Gasteiger partial charge on any atom is -0.376 e. The molecule has 3 unspecified atom stereocenters. The number of allylic oxidation sites excluding steroid dienone is 2. The number of benzene rings is 2. The largest absolute Gasteiger partial charge is 0.376 e. The zero-order valence-electron chi connectivity index (χ0n) is 12.9. The number of hydrogen-bond acceptors (Lipinski definition) is 3. The molecule has 128 valence electrons. The van der Waals surface area contributed by atoms with Crippen LogP contribution in [0.15, 0.2) is 42.5 Å². The van der Waals surface area contributed by atoms with Gasteiger partial charge in [0.05, 0.1) is 21.7 Å². The van der Waals surface area contributed by atoms with Crippen LogP contribution >= 0.6 is 34.8 Å². The first-order chi connectivity index (χ1) is 12.0. The third-order valence-electron chi connectivity index (χ3n) is 4.91. The Balaban J connectivity index is 1.84. The highest BCUT2D eigenvalue weighted by Gasteiger charge is 2.40. The Kier molecular flexibility index (Phi) is 4.14. The summed E-state index contributed by atoms with van der Waals surface area (Å²) in [5.41, 5.74) is 2.55. The third kappa shape index (κ3) is 2.78. The Bertz CT molecular complexity index is 913. The summed E-state index contributed by atoms with van der Waals surface area (Å²) in [4.78, 5) is 10.8. The van der Waals surface area contributed by atoms with Crippen molar-refractivity contribution in [3.05, 3.63) is 78.8 Å². The maximum Gasteiger partial charge on any atom is 0.271 e. The molecular weight excluding hydrogens is 383 g/mol. The molecule has 2 aromatic carbocycles. The molecule has 0 amide bonds. The summed E-state index contributed by atoms with van der Waals surface area (Å²) >= 11 is 18.8. The topological polar surface area (TPSA) is 55.2 Å². The van der Waals surface area contributed by atoms with Crippen LogP contribution in [0.5, 0.6) is 0 Å². The first-order valence-corrected chi connectivity index (χ1v) is 8.95. The minimum atomic E-state index is -0.415. The van der Waals surface area contributed by atoms with Crippen molar-refractivity contribution in [1.82, 2.24) is 0 Å². The van der Waals surface area contributed by atoms with Gasteiger partial charge in [-0.25, -0.2) is 0 Å². The van der Waals surface area contributed by atoms with Crippen molar-refractivity contribution in [3.63, 3.8) is 0 Å². The van der Waals surface area contributed by atoms with Crippen molar-refractivity contribution in [2.24, 2.45) is 5.92 Å². The highest BCUT2D eigenvalue weighted by molar-refractivity contribution is 6.35. The van der Waals surface area contributed by atoms with Gasteiger partial charge in [0.1, 0.15) is 0 Å². The fourth-order valence-corrected chi connectivity index (χ4v) is 4.61. The van der Waals surface area contributed by atoms with Gasteiger partial charge in [0, 0.05) is 28.1 Å². The zero-order chi connectivity index (χ0) is 17.7. The van der Waals surface area contributed by atoms with Gasteiger partial charge in [0.2, 0.25) is 0 Å². The first kappa shape index (κ1) is 16.7. The molecule has 7 heteroatoms. The van der Waals surface area contributed by atoms with E-state index in [-0.39, 0.29) is 23.6 Å². The van der Waals surface area contributed by atoms with Crippen molar-refractivity contribution in [2.75, 3.05) is 5.32 Å². The Morgan fingerprint density at radius 2 is 1.88 bits per heavy atom. The Morgan fingerprint density at radius 3 is 2.60 bits per heavy atom. The van der Waals surface area contributed by atoms with Gasteiger partial charge in [-0.15, -0.1) is 0 Å². The van der Waals surface area contributed by atoms with Gasteiger partial charge in [-0.2, -0.15) is 0 Å². The SMILES string of the molecule is O=[N+]([O-])c1cc(Cl)c2c(c1)C1C=CCC1C(c1ccc(Cl)cc1Cl)N2. The van der Waals surface area contributed by atoms with Gasteiger partial charge in [-0.3, -0.25) is 10.1 Å². The van der Waals surface area contributed by atoms with E-state index in [1.165, 1.54) is 6.07 Å². The maximum absolute atomic E-state index is 11.2. The van der Waals surface area contributed by atoms with Crippen LogP contribution in [0.25, 0.3) is 0 Å². The molecule has 1 N–H and O–H groups in total. The van der Waals surface area contributed by atoms with E-state index in [0.29, 0.717) is 15.1 Å². The van der Waals surface area contributed by atoms with Gasteiger partial charge in [0.25, 0.3) is 5.69 Å². The number of fused-ring (bicyclic) bond motifs is 3. The second-order valence-electron chi connectivity index (χ2n) is 6.29. The predicted octanol–water partition coefficient (Wildman–Crippen LogP) is 6.38. The standard InChI is InChI=1S/C18H13Cl3N2O2/c19-9-4-5-13(15(20)6-9)17-12-3-1-2-11(12)14-7-10(23(24)25)8-16(21)18(14)22-17/h1-2,4-8,11-12,17,22H,3H2. The maximum atomic E-state index is 11.2. The number of rotatable bonds is 2. The average Bonchev–Trinajstić information content (AvgIpc) is 3.04. The molecule has 1 heterocycles. The van der Waals surface area contributed by atoms with Crippen LogP contribution in [0.1, 0.15) is 29.5 Å². The monoisotopic (exact) mass is 394 g/mol. The average molecular weight is 396 g/mol. The van der Waals surface area contributed by atoms with E-state index in [4.69, 9.17) is 34.8 Å². The third-order valence-corrected chi connectivity index (χ3v) is 5.77. The number of nitro groups is 1. The summed E-state index contributed by atoms with van der Waals surface area (Å²) in [6, 6.07) is 8.41. The highest BCUT2D eigenvalue weighted by Crippen LogP contribution is 2.53. The van der Waals surface area contributed by atoms with Crippen LogP contribution in [-0.4, -0.2) is 4.92 Å². The molecule has 1 aliphatic carbocycles. The van der Waals surface area contributed by atoms with Gasteiger partial charge < -0.3 is 5.32 Å². The number of nitrogens with one attached hydrogen (secondary N) is 1. The van der Waals surface area contributed by atoms with Crippen molar-refractivity contribution in [3.8, 4) is 0 Å². The molecule has 4 nitrogen and oxygen atoms in total. The van der Waals surface area contributed by atoms with Crippen molar-refractivity contribution in [2.45, 2.75) is 18.4 Å². The highest BCUT2D eigenvalue weighted by atomic mass is 35.5. The molecule has 0 saturated carbocycles. The summed E-state index contributed by atoms with van der Waals surface area (Å²) in [7, 11) is 0. The van der Waals surface area contributed by atoms with Crippen LogP contribution in [0, 0.1) is 16.0 Å². The van der Waals surface area contributed by atoms with Crippen molar-refractivity contribution < 1.29 is 4.92 Å². The van der Waals surface area contributed by atoms with Crippen LogP contribution in [-0.2, 0) is 0 Å². The van der Waals surface area contributed by atoms with Crippen molar-refractivity contribution >= 4 is 46.2 Å². The van der Waals surface area contributed by atoms with Gasteiger partial charge in [-0.1, -0.05) is 53.0 Å². The lowest BCUT2D eigenvalue weighted by Crippen LogP contribution is -2.29. The number of anilines is 1. The van der Waals surface area contributed by atoms with E-state index < -0.39 is 4.92 Å². The molecule has 2 aliphatic rings. The second-order valence-corrected chi connectivity index (χ2v) is 7.54. The minimum absolute atomic E-state index is 0.00701. The molecule has 4 rings (SSSR count). The molecule has 0 saturated heterocycles. The lowest BCUT2D eigenvalue weighted by atomic mass is 9.77. The lowest BCUT2D eigenvalue weighted by Gasteiger charge is -2.38. The molecule has 0 bridgehead atoms.